The summed E-state index contributed by atoms with van der Waals surface area (Å²) >= 11 is 0. The van der Waals surface area contributed by atoms with E-state index in [1.54, 1.807) is 13.0 Å². The molecule has 20 heavy (non-hydrogen) atoms. The van der Waals surface area contributed by atoms with Gasteiger partial charge in [0.05, 0.1) is 5.69 Å². The van der Waals surface area contributed by atoms with Crippen molar-refractivity contribution in [1.29, 1.82) is 0 Å². The van der Waals surface area contributed by atoms with E-state index in [-0.39, 0.29) is 24.6 Å². The maximum atomic E-state index is 13.3. The largest absolute Gasteiger partial charge is 0.382 e. The Bertz CT molecular complexity index is 613. The summed E-state index contributed by atoms with van der Waals surface area (Å²) < 4.78 is 30.8. The third kappa shape index (κ3) is 3.78. The second-order valence-corrected chi connectivity index (χ2v) is 4.17. The molecule has 0 bridgehead atoms. The van der Waals surface area contributed by atoms with Crippen LogP contribution in [-0.4, -0.2) is 17.6 Å². The van der Waals surface area contributed by atoms with E-state index in [2.05, 4.69) is 15.8 Å². The highest BCUT2D eigenvalue weighted by atomic mass is 19.1. The van der Waals surface area contributed by atoms with Gasteiger partial charge in [0.1, 0.15) is 17.4 Å². The van der Waals surface area contributed by atoms with Gasteiger partial charge >= 0.3 is 0 Å². The van der Waals surface area contributed by atoms with Crippen LogP contribution in [0.25, 0.3) is 0 Å². The van der Waals surface area contributed by atoms with E-state index in [1.807, 2.05) is 0 Å². The number of rotatable bonds is 5. The normalized spacial score (nSPS) is 10.3. The molecule has 7 heteroatoms. The van der Waals surface area contributed by atoms with Crippen molar-refractivity contribution >= 4 is 17.4 Å². The van der Waals surface area contributed by atoms with Crippen molar-refractivity contribution in [3.63, 3.8) is 0 Å². The van der Waals surface area contributed by atoms with Crippen LogP contribution < -0.4 is 10.6 Å². The monoisotopic (exact) mass is 281 g/mol. The number of hydrogen-bond acceptors (Lipinski definition) is 4. The fraction of sp³-hybridized carbons (Fsp3) is 0.231. The molecule has 0 atom stereocenters. The van der Waals surface area contributed by atoms with Gasteiger partial charge in [0.25, 0.3) is 0 Å². The number of aryl methyl sites for hydroxylation is 1. The first kappa shape index (κ1) is 14.0. The zero-order valence-corrected chi connectivity index (χ0v) is 10.7. The summed E-state index contributed by atoms with van der Waals surface area (Å²) in [4.78, 5) is 11.6. The van der Waals surface area contributed by atoms with Crippen LogP contribution in [-0.2, 0) is 4.79 Å². The van der Waals surface area contributed by atoms with Crippen LogP contribution in [0.15, 0.2) is 28.8 Å². The molecule has 1 heterocycles. The first-order valence-corrected chi connectivity index (χ1v) is 5.96. The third-order valence-corrected chi connectivity index (χ3v) is 2.49. The van der Waals surface area contributed by atoms with Crippen molar-refractivity contribution < 1.29 is 18.1 Å². The predicted octanol–water partition coefficient (Wildman–Crippen LogP) is 2.70. The number of anilines is 2. The SMILES string of the molecule is Cc1cc(NC(=O)CCNc2ccc(F)cc2F)no1. The Morgan fingerprint density at radius 2 is 2.15 bits per heavy atom. The molecular weight excluding hydrogens is 268 g/mol. The molecule has 5 nitrogen and oxygen atoms in total. The zero-order valence-electron chi connectivity index (χ0n) is 10.7. The van der Waals surface area contributed by atoms with Crippen LogP contribution in [0.2, 0.25) is 0 Å². The minimum atomic E-state index is -0.697. The van der Waals surface area contributed by atoms with Gasteiger partial charge in [0.15, 0.2) is 5.82 Å². The van der Waals surface area contributed by atoms with E-state index in [4.69, 9.17) is 4.52 Å². The number of benzene rings is 1. The maximum absolute atomic E-state index is 13.3. The molecule has 0 aliphatic carbocycles. The molecule has 0 fully saturated rings. The molecule has 0 saturated carbocycles. The summed E-state index contributed by atoms with van der Waals surface area (Å²) in [6.45, 7) is 1.92. The fourth-order valence-electron chi connectivity index (χ4n) is 1.57. The van der Waals surface area contributed by atoms with Gasteiger partial charge < -0.3 is 15.2 Å². The molecule has 0 aliphatic rings. The molecule has 2 aromatic rings. The van der Waals surface area contributed by atoms with Gasteiger partial charge in [0, 0.05) is 25.1 Å². The molecule has 1 aromatic heterocycles. The summed E-state index contributed by atoms with van der Waals surface area (Å²) in [5, 5.41) is 8.87. The predicted molar refractivity (Wildman–Crippen MR) is 69.3 cm³/mol. The quantitative estimate of drug-likeness (QED) is 0.884. The van der Waals surface area contributed by atoms with E-state index in [1.165, 1.54) is 6.07 Å². The standard InChI is InChI=1S/C13H13F2N3O2/c1-8-6-12(18-20-8)17-13(19)4-5-16-11-3-2-9(14)7-10(11)15/h2-3,6-7,16H,4-5H2,1H3,(H,17,18,19). The van der Waals surface area contributed by atoms with Crippen LogP contribution in [0.5, 0.6) is 0 Å². The lowest BCUT2D eigenvalue weighted by Crippen LogP contribution is -2.16. The molecule has 1 aromatic carbocycles. The Morgan fingerprint density at radius 1 is 1.35 bits per heavy atom. The van der Waals surface area contributed by atoms with Gasteiger partial charge in [-0.1, -0.05) is 5.16 Å². The Labute approximate surface area is 114 Å². The minimum absolute atomic E-state index is 0.114. The van der Waals surface area contributed by atoms with E-state index < -0.39 is 11.6 Å². The topological polar surface area (TPSA) is 67.2 Å². The van der Waals surface area contributed by atoms with E-state index >= 15 is 0 Å². The lowest BCUT2D eigenvalue weighted by atomic mass is 10.3. The van der Waals surface area contributed by atoms with Gasteiger partial charge in [-0.3, -0.25) is 4.79 Å². The Kier molecular flexibility index (Phi) is 4.29. The number of carbonyl (C=O) groups excluding carboxylic acids is 1. The molecule has 0 radical (unpaired) electrons. The molecule has 2 rings (SSSR count). The highest BCUT2D eigenvalue weighted by molar-refractivity contribution is 5.89. The van der Waals surface area contributed by atoms with Gasteiger partial charge in [-0.05, 0) is 19.1 Å². The lowest BCUT2D eigenvalue weighted by Gasteiger charge is -2.07. The Morgan fingerprint density at radius 3 is 2.80 bits per heavy atom. The lowest BCUT2D eigenvalue weighted by molar-refractivity contribution is -0.116. The van der Waals surface area contributed by atoms with E-state index in [0.717, 1.165) is 12.1 Å². The van der Waals surface area contributed by atoms with Crippen molar-refractivity contribution in [3.8, 4) is 0 Å². The molecule has 0 saturated heterocycles. The van der Waals surface area contributed by atoms with Crippen molar-refractivity contribution in [2.45, 2.75) is 13.3 Å². The van der Waals surface area contributed by atoms with E-state index in [0.29, 0.717) is 11.6 Å². The number of nitrogens with one attached hydrogen (secondary N) is 2. The molecule has 106 valence electrons. The van der Waals surface area contributed by atoms with Gasteiger partial charge in [0.2, 0.25) is 5.91 Å². The highest BCUT2D eigenvalue weighted by Crippen LogP contribution is 2.14. The van der Waals surface area contributed by atoms with Crippen LogP contribution in [0.1, 0.15) is 12.2 Å². The van der Waals surface area contributed by atoms with Crippen molar-refractivity contribution in [3.05, 3.63) is 41.7 Å². The number of carbonyl (C=O) groups is 1. The summed E-state index contributed by atoms with van der Waals surface area (Å²) in [5.41, 5.74) is 0.150. The Hall–Kier alpha value is -2.44. The average molecular weight is 281 g/mol. The summed E-state index contributed by atoms with van der Waals surface area (Å²) in [7, 11) is 0. The molecular formula is C13H13F2N3O2. The first-order chi connectivity index (χ1) is 9.54. The van der Waals surface area contributed by atoms with Crippen LogP contribution in [0.3, 0.4) is 0 Å². The van der Waals surface area contributed by atoms with Crippen molar-refractivity contribution in [2.75, 3.05) is 17.2 Å². The van der Waals surface area contributed by atoms with Crippen molar-refractivity contribution in [1.82, 2.24) is 5.16 Å². The van der Waals surface area contributed by atoms with Crippen molar-refractivity contribution in [2.24, 2.45) is 0 Å². The zero-order chi connectivity index (χ0) is 14.5. The van der Waals surface area contributed by atoms with E-state index in [9.17, 15) is 13.6 Å². The van der Waals surface area contributed by atoms with Gasteiger partial charge in [-0.25, -0.2) is 8.78 Å². The summed E-state index contributed by atoms with van der Waals surface area (Å²) in [5.74, 6) is -0.703. The number of amides is 1. The van der Waals surface area contributed by atoms with Crippen LogP contribution in [0, 0.1) is 18.6 Å². The molecule has 0 aliphatic heterocycles. The molecule has 0 unspecified atom stereocenters. The molecule has 0 spiro atoms. The van der Waals surface area contributed by atoms with Crippen LogP contribution >= 0.6 is 0 Å². The van der Waals surface area contributed by atoms with Gasteiger partial charge in [-0.15, -0.1) is 0 Å². The Balaban J connectivity index is 1.79. The molecule has 1 amide bonds. The number of halogens is 2. The second kappa shape index (κ2) is 6.14. The molecule has 2 N–H and O–H groups in total. The van der Waals surface area contributed by atoms with Crippen LogP contribution in [0.4, 0.5) is 20.3 Å². The number of aromatic nitrogens is 1. The number of nitrogens with zero attached hydrogens (tertiary/aromatic N) is 1. The highest BCUT2D eigenvalue weighted by Gasteiger charge is 2.07. The first-order valence-electron chi connectivity index (χ1n) is 5.96. The number of hydrogen-bond donors (Lipinski definition) is 2. The van der Waals surface area contributed by atoms with Gasteiger partial charge in [-0.2, -0.15) is 0 Å². The maximum Gasteiger partial charge on any atom is 0.227 e. The second-order valence-electron chi connectivity index (χ2n) is 4.17. The summed E-state index contributed by atoms with van der Waals surface area (Å²) in [6.07, 6.45) is 0.114. The smallest absolute Gasteiger partial charge is 0.227 e. The average Bonchev–Trinajstić information content (AvgIpc) is 2.77. The fourth-order valence-corrected chi connectivity index (χ4v) is 1.57. The minimum Gasteiger partial charge on any atom is -0.382 e. The summed E-state index contributed by atoms with van der Waals surface area (Å²) in [6, 6.07) is 4.79. The third-order valence-electron chi connectivity index (χ3n) is 2.49.